The summed E-state index contributed by atoms with van der Waals surface area (Å²) in [6.45, 7) is 6.39. The molecule has 1 heterocycles. The lowest BCUT2D eigenvalue weighted by molar-refractivity contribution is -0.132. The molecular formula is C14H29N3O2. The normalized spacial score (nSPS) is 21.7. The molecule has 0 spiro atoms. The van der Waals surface area contributed by atoms with Gasteiger partial charge in [-0.15, -0.1) is 0 Å². The summed E-state index contributed by atoms with van der Waals surface area (Å²) in [5.41, 5.74) is 0.0128. The number of hydrogen-bond donors (Lipinski definition) is 2. The molecule has 5 nitrogen and oxygen atoms in total. The first kappa shape index (κ1) is 16.4. The topological polar surface area (TPSA) is 55.8 Å². The molecule has 1 rings (SSSR count). The fraction of sp³-hybridized carbons (Fsp3) is 0.929. The fourth-order valence-electron chi connectivity index (χ4n) is 2.48. The Balaban J connectivity index is 2.58. The Morgan fingerprint density at radius 2 is 1.89 bits per heavy atom. The van der Waals surface area contributed by atoms with Gasteiger partial charge in [-0.3, -0.25) is 4.79 Å². The van der Waals surface area contributed by atoms with Crippen LogP contribution in [0.25, 0.3) is 0 Å². The average molecular weight is 271 g/mol. The van der Waals surface area contributed by atoms with E-state index < -0.39 is 6.10 Å². The van der Waals surface area contributed by atoms with E-state index in [0.29, 0.717) is 6.54 Å². The van der Waals surface area contributed by atoms with E-state index in [-0.39, 0.29) is 17.4 Å². The van der Waals surface area contributed by atoms with Crippen LogP contribution in [-0.4, -0.2) is 73.2 Å². The quantitative estimate of drug-likeness (QED) is 0.747. The number of nitrogens with one attached hydrogen (secondary N) is 1. The SMILES string of the molecule is CC(C)[C@H](O)C(=O)NCC1(N(C)C)CCN(C)CC1. The maximum absolute atomic E-state index is 11.9. The lowest BCUT2D eigenvalue weighted by Crippen LogP contribution is -2.58. The van der Waals surface area contributed by atoms with Crippen molar-refractivity contribution in [2.75, 3.05) is 40.8 Å². The molecule has 1 atom stereocenters. The van der Waals surface area contributed by atoms with Crippen LogP contribution in [0, 0.1) is 5.92 Å². The van der Waals surface area contributed by atoms with Gasteiger partial charge in [-0.05, 0) is 53.0 Å². The van der Waals surface area contributed by atoms with Gasteiger partial charge >= 0.3 is 0 Å². The minimum absolute atomic E-state index is 0.0128. The van der Waals surface area contributed by atoms with Gasteiger partial charge < -0.3 is 20.2 Å². The Morgan fingerprint density at radius 1 is 1.37 bits per heavy atom. The largest absolute Gasteiger partial charge is 0.383 e. The van der Waals surface area contributed by atoms with Crippen molar-refractivity contribution >= 4 is 5.91 Å². The first-order chi connectivity index (χ1) is 8.78. The summed E-state index contributed by atoms with van der Waals surface area (Å²) in [5.74, 6) is -0.303. The molecule has 0 aromatic rings. The number of nitrogens with zero attached hydrogens (tertiary/aromatic N) is 2. The lowest BCUT2D eigenvalue weighted by Gasteiger charge is -2.45. The Labute approximate surface area is 117 Å². The van der Waals surface area contributed by atoms with E-state index in [2.05, 4.69) is 36.3 Å². The number of carbonyl (C=O) groups is 1. The minimum Gasteiger partial charge on any atom is -0.383 e. The second kappa shape index (κ2) is 6.68. The molecule has 0 aromatic carbocycles. The Hall–Kier alpha value is -0.650. The standard InChI is InChI=1S/C14H29N3O2/c1-11(2)12(18)13(19)15-10-14(16(3)4)6-8-17(5)9-7-14/h11-12,18H,6-10H2,1-5H3,(H,15,19)/t12-/m0/s1. The summed E-state index contributed by atoms with van der Waals surface area (Å²) in [6.07, 6.45) is 1.16. The van der Waals surface area contributed by atoms with Gasteiger partial charge in [0.1, 0.15) is 6.10 Å². The number of hydrogen-bond acceptors (Lipinski definition) is 4. The summed E-state index contributed by atoms with van der Waals surface area (Å²) < 4.78 is 0. The predicted molar refractivity (Wildman–Crippen MR) is 77.0 cm³/mol. The Morgan fingerprint density at radius 3 is 2.32 bits per heavy atom. The predicted octanol–water partition coefficient (Wildman–Crippen LogP) is 0.146. The number of likely N-dealkylation sites (tertiary alicyclic amines) is 1. The minimum atomic E-state index is -0.912. The maximum Gasteiger partial charge on any atom is 0.249 e. The zero-order valence-corrected chi connectivity index (χ0v) is 12.9. The second-order valence-electron chi connectivity index (χ2n) is 6.33. The number of likely N-dealkylation sites (N-methyl/N-ethyl adjacent to an activating group) is 1. The number of aliphatic hydroxyl groups is 1. The van der Waals surface area contributed by atoms with Gasteiger partial charge in [0, 0.05) is 12.1 Å². The number of carbonyl (C=O) groups excluding carboxylic acids is 1. The van der Waals surface area contributed by atoms with E-state index in [9.17, 15) is 9.90 Å². The van der Waals surface area contributed by atoms with Crippen LogP contribution in [0.15, 0.2) is 0 Å². The zero-order chi connectivity index (χ0) is 14.6. The molecule has 0 unspecified atom stereocenters. The Kier molecular flexibility index (Phi) is 5.77. The van der Waals surface area contributed by atoms with Crippen molar-refractivity contribution in [2.45, 2.75) is 38.3 Å². The van der Waals surface area contributed by atoms with Gasteiger partial charge in [-0.2, -0.15) is 0 Å². The monoisotopic (exact) mass is 271 g/mol. The van der Waals surface area contributed by atoms with E-state index in [4.69, 9.17) is 0 Å². The number of amides is 1. The molecule has 0 bridgehead atoms. The van der Waals surface area contributed by atoms with E-state index in [1.165, 1.54) is 0 Å². The molecule has 1 aliphatic heterocycles. The molecule has 5 heteroatoms. The van der Waals surface area contributed by atoms with Crippen molar-refractivity contribution in [3.8, 4) is 0 Å². The summed E-state index contributed by atoms with van der Waals surface area (Å²) in [5, 5.41) is 12.7. The summed E-state index contributed by atoms with van der Waals surface area (Å²) in [4.78, 5) is 16.4. The van der Waals surface area contributed by atoms with Crippen LogP contribution in [0.1, 0.15) is 26.7 Å². The number of piperidine rings is 1. The van der Waals surface area contributed by atoms with Gasteiger partial charge in [-0.25, -0.2) is 0 Å². The zero-order valence-electron chi connectivity index (χ0n) is 12.9. The van der Waals surface area contributed by atoms with Gasteiger partial charge in [-0.1, -0.05) is 13.8 Å². The molecule has 1 fully saturated rings. The highest BCUT2D eigenvalue weighted by molar-refractivity contribution is 5.80. The molecule has 0 saturated carbocycles. The third kappa shape index (κ3) is 4.16. The molecule has 1 aliphatic rings. The van der Waals surface area contributed by atoms with E-state index in [1.807, 2.05) is 13.8 Å². The van der Waals surface area contributed by atoms with Crippen molar-refractivity contribution in [1.29, 1.82) is 0 Å². The molecule has 0 radical (unpaired) electrons. The smallest absolute Gasteiger partial charge is 0.249 e. The van der Waals surface area contributed by atoms with Crippen LogP contribution in [0.3, 0.4) is 0 Å². The second-order valence-corrected chi connectivity index (χ2v) is 6.33. The van der Waals surface area contributed by atoms with E-state index in [1.54, 1.807) is 0 Å². The van der Waals surface area contributed by atoms with Gasteiger partial charge in [0.05, 0.1) is 0 Å². The maximum atomic E-state index is 11.9. The summed E-state index contributed by atoms with van der Waals surface area (Å²) in [6, 6.07) is 0. The van der Waals surface area contributed by atoms with Crippen LogP contribution in [0.4, 0.5) is 0 Å². The third-order valence-corrected chi connectivity index (χ3v) is 4.36. The lowest BCUT2D eigenvalue weighted by atomic mass is 9.86. The van der Waals surface area contributed by atoms with Crippen molar-refractivity contribution in [3.63, 3.8) is 0 Å². The molecule has 0 aliphatic carbocycles. The molecule has 2 N–H and O–H groups in total. The fourth-order valence-corrected chi connectivity index (χ4v) is 2.48. The van der Waals surface area contributed by atoms with Crippen LogP contribution < -0.4 is 5.32 Å². The van der Waals surface area contributed by atoms with Crippen molar-refractivity contribution in [3.05, 3.63) is 0 Å². The van der Waals surface area contributed by atoms with Crippen molar-refractivity contribution in [1.82, 2.24) is 15.1 Å². The van der Waals surface area contributed by atoms with Crippen LogP contribution in [0.2, 0.25) is 0 Å². The van der Waals surface area contributed by atoms with Gasteiger partial charge in [0.15, 0.2) is 0 Å². The van der Waals surface area contributed by atoms with Gasteiger partial charge in [0.2, 0.25) is 5.91 Å². The van der Waals surface area contributed by atoms with E-state index in [0.717, 1.165) is 25.9 Å². The van der Waals surface area contributed by atoms with Gasteiger partial charge in [0.25, 0.3) is 0 Å². The van der Waals surface area contributed by atoms with Crippen molar-refractivity contribution in [2.24, 2.45) is 5.92 Å². The molecule has 0 aromatic heterocycles. The third-order valence-electron chi connectivity index (χ3n) is 4.36. The first-order valence-corrected chi connectivity index (χ1v) is 7.10. The van der Waals surface area contributed by atoms with Crippen LogP contribution >= 0.6 is 0 Å². The van der Waals surface area contributed by atoms with E-state index >= 15 is 0 Å². The average Bonchev–Trinajstić information content (AvgIpc) is 2.36. The molecule has 19 heavy (non-hydrogen) atoms. The van der Waals surface area contributed by atoms with Crippen molar-refractivity contribution < 1.29 is 9.90 Å². The number of aliphatic hydroxyl groups excluding tert-OH is 1. The molecule has 1 saturated heterocycles. The highest BCUT2D eigenvalue weighted by atomic mass is 16.3. The van der Waals surface area contributed by atoms with Crippen LogP contribution in [-0.2, 0) is 4.79 Å². The first-order valence-electron chi connectivity index (χ1n) is 7.10. The highest BCUT2D eigenvalue weighted by Gasteiger charge is 2.36. The molecular weight excluding hydrogens is 242 g/mol. The Bertz CT molecular complexity index is 297. The van der Waals surface area contributed by atoms with Crippen LogP contribution in [0.5, 0.6) is 0 Å². The summed E-state index contributed by atoms with van der Waals surface area (Å²) >= 11 is 0. The highest BCUT2D eigenvalue weighted by Crippen LogP contribution is 2.25. The molecule has 112 valence electrons. The number of rotatable bonds is 5. The molecule has 1 amide bonds. The summed E-state index contributed by atoms with van der Waals surface area (Å²) in [7, 11) is 6.26.